The second kappa shape index (κ2) is 6.09. The normalized spacial score (nSPS) is 10.9. The number of ether oxygens (including phenoxy) is 1. The van der Waals surface area contributed by atoms with Crippen LogP contribution in [0, 0.1) is 0 Å². The molecule has 0 aliphatic rings. The first-order valence-corrected chi connectivity index (χ1v) is 8.30. The van der Waals surface area contributed by atoms with Gasteiger partial charge in [0.15, 0.2) is 5.65 Å². The van der Waals surface area contributed by atoms with E-state index in [9.17, 15) is 0 Å². The number of hydrogen-bond donors (Lipinski definition) is 0. The number of methoxy groups -OCH3 is 1. The largest absolute Gasteiger partial charge is 0.497 e. The summed E-state index contributed by atoms with van der Waals surface area (Å²) in [6.45, 7) is 0. The fraction of sp³-hybridized carbons (Fsp3) is 0.0526. The fourth-order valence-electron chi connectivity index (χ4n) is 2.68. The summed E-state index contributed by atoms with van der Waals surface area (Å²) in [5, 5.41) is 5.84. The first-order valence-electron chi connectivity index (χ1n) is 7.50. The molecule has 4 rings (SSSR count). The Morgan fingerprint density at radius 1 is 0.958 bits per heavy atom. The zero-order valence-corrected chi connectivity index (χ0v) is 14.6. The Kier molecular flexibility index (Phi) is 3.78. The van der Waals surface area contributed by atoms with Crippen LogP contribution in [-0.2, 0) is 0 Å². The van der Waals surface area contributed by atoms with Crippen molar-refractivity contribution in [3.63, 3.8) is 0 Å². The molecule has 0 atom stereocenters. The third-order valence-corrected chi connectivity index (χ3v) is 4.41. The van der Waals surface area contributed by atoms with Crippen molar-refractivity contribution in [2.45, 2.75) is 0 Å². The van der Waals surface area contributed by atoms with Crippen LogP contribution in [0.5, 0.6) is 5.75 Å². The Morgan fingerprint density at radius 3 is 2.42 bits per heavy atom. The molecule has 0 fully saturated rings. The molecule has 0 unspecified atom stereocenters. The minimum atomic E-state index is 0.816. The SMILES string of the molecule is COc1ccc(-n2nc(-c3ccc(Br)cc3)c3cccnc32)cc1. The highest BCUT2D eigenvalue weighted by molar-refractivity contribution is 9.10. The molecule has 0 N–H and O–H groups in total. The number of hydrogen-bond acceptors (Lipinski definition) is 3. The lowest BCUT2D eigenvalue weighted by Crippen LogP contribution is -1.97. The van der Waals surface area contributed by atoms with Gasteiger partial charge in [-0.2, -0.15) is 5.10 Å². The van der Waals surface area contributed by atoms with Gasteiger partial charge in [0.25, 0.3) is 0 Å². The van der Waals surface area contributed by atoms with Gasteiger partial charge in [0.1, 0.15) is 11.4 Å². The molecule has 5 heteroatoms. The molecule has 4 aromatic rings. The topological polar surface area (TPSA) is 39.9 Å². The number of pyridine rings is 1. The Balaban J connectivity index is 1.91. The molecular formula is C19H14BrN3O. The van der Waals surface area contributed by atoms with Gasteiger partial charge in [0.05, 0.1) is 12.8 Å². The molecule has 0 aliphatic heterocycles. The Hall–Kier alpha value is -2.66. The van der Waals surface area contributed by atoms with E-state index in [-0.39, 0.29) is 0 Å². The van der Waals surface area contributed by atoms with Crippen LogP contribution in [-0.4, -0.2) is 21.9 Å². The van der Waals surface area contributed by atoms with Crippen molar-refractivity contribution in [1.82, 2.24) is 14.8 Å². The summed E-state index contributed by atoms with van der Waals surface area (Å²) in [4.78, 5) is 4.52. The summed E-state index contributed by atoms with van der Waals surface area (Å²) in [6, 6.07) is 19.9. The quantitative estimate of drug-likeness (QED) is 0.510. The summed E-state index contributed by atoms with van der Waals surface area (Å²) >= 11 is 3.47. The first kappa shape index (κ1) is 14.9. The molecule has 4 nitrogen and oxygen atoms in total. The van der Waals surface area contributed by atoms with Gasteiger partial charge in [-0.3, -0.25) is 0 Å². The number of benzene rings is 2. The van der Waals surface area contributed by atoms with Crippen LogP contribution in [0.2, 0.25) is 0 Å². The molecular weight excluding hydrogens is 366 g/mol. The Bertz CT molecular complexity index is 991. The molecule has 0 saturated carbocycles. The van der Waals surface area contributed by atoms with Crippen molar-refractivity contribution in [3.8, 4) is 22.7 Å². The van der Waals surface area contributed by atoms with Crippen molar-refractivity contribution >= 4 is 27.0 Å². The van der Waals surface area contributed by atoms with Crippen LogP contribution in [0.25, 0.3) is 28.0 Å². The van der Waals surface area contributed by atoms with E-state index >= 15 is 0 Å². The van der Waals surface area contributed by atoms with Gasteiger partial charge < -0.3 is 4.74 Å². The van der Waals surface area contributed by atoms with E-state index < -0.39 is 0 Å². The van der Waals surface area contributed by atoms with Gasteiger partial charge in [-0.05, 0) is 48.5 Å². The maximum absolute atomic E-state index is 5.23. The molecule has 2 aromatic heterocycles. The Labute approximate surface area is 147 Å². The predicted molar refractivity (Wildman–Crippen MR) is 98.6 cm³/mol. The Morgan fingerprint density at radius 2 is 1.71 bits per heavy atom. The average Bonchev–Trinajstić information content (AvgIpc) is 3.02. The van der Waals surface area contributed by atoms with Crippen molar-refractivity contribution in [1.29, 1.82) is 0 Å². The molecule has 2 heterocycles. The molecule has 0 saturated heterocycles. The summed E-state index contributed by atoms with van der Waals surface area (Å²) in [5.41, 5.74) is 3.76. The van der Waals surface area contributed by atoms with E-state index in [0.29, 0.717) is 0 Å². The maximum atomic E-state index is 5.23. The van der Waals surface area contributed by atoms with Crippen LogP contribution in [0.1, 0.15) is 0 Å². The molecule has 0 bridgehead atoms. The molecule has 0 amide bonds. The van der Waals surface area contributed by atoms with Gasteiger partial charge in [-0.25, -0.2) is 9.67 Å². The monoisotopic (exact) mass is 379 g/mol. The molecule has 0 aliphatic carbocycles. The standard InChI is InChI=1S/C19H14BrN3O/c1-24-16-10-8-15(9-11-16)23-19-17(3-2-12-21-19)18(22-23)13-4-6-14(20)7-5-13/h2-12H,1H3. The molecule has 0 radical (unpaired) electrons. The van der Waals surface area contributed by atoms with Crippen LogP contribution >= 0.6 is 15.9 Å². The van der Waals surface area contributed by atoms with Crippen molar-refractivity contribution in [2.75, 3.05) is 7.11 Å². The number of rotatable bonds is 3. The molecule has 2 aromatic carbocycles. The second-order valence-corrected chi connectivity index (χ2v) is 6.26. The van der Waals surface area contributed by atoms with E-state index in [1.807, 2.05) is 53.2 Å². The zero-order valence-electron chi connectivity index (χ0n) is 13.0. The number of nitrogens with zero attached hydrogens (tertiary/aromatic N) is 3. The fourth-order valence-corrected chi connectivity index (χ4v) is 2.94. The van der Waals surface area contributed by atoms with E-state index in [1.165, 1.54) is 0 Å². The van der Waals surface area contributed by atoms with Crippen LogP contribution < -0.4 is 4.74 Å². The molecule has 24 heavy (non-hydrogen) atoms. The summed E-state index contributed by atoms with van der Waals surface area (Å²) < 4.78 is 8.14. The lowest BCUT2D eigenvalue weighted by Gasteiger charge is -2.04. The zero-order chi connectivity index (χ0) is 16.5. The third-order valence-electron chi connectivity index (χ3n) is 3.88. The highest BCUT2D eigenvalue weighted by Crippen LogP contribution is 2.29. The number of aromatic nitrogens is 3. The molecule has 0 spiro atoms. The minimum absolute atomic E-state index is 0.816. The third kappa shape index (κ3) is 2.57. The van der Waals surface area contributed by atoms with E-state index in [1.54, 1.807) is 13.3 Å². The lowest BCUT2D eigenvalue weighted by molar-refractivity contribution is 0.414. The highest BCUT2D eigenvalue weighted by atomic mass is 79.9. The average molecular weight is 380 g/mol. The van der Waals surface area contributed by atoms with Crippen LogP contribution in [0.15, 0.2) is 71.3 Å². The van der Waals surface area contributed by atoms with Gasteiger partial charge in [-0.1, -0.05) is 28.1 Å². The van der Waals surface area contributed by atoms with Crippen molar-refractivity contribution in [3.05, 3.63) is 71.3 Å². The summed E-state index contributed by atoms with van der Waals surface area (Å²) in [5.74, 6) is 0.816. The van der Waals surface area contributed by atoms with Crippen LogP contribution in [0.3, 0.4) is 0 Å². The molecule has 118 valence electrons. The summed E-state index contributed by atoms with van der Waals surface area (Å²) in [6.07, 6.45) is 1.79. The lowest BCUT2D eigenvalue weighted by atomic mass is 10.1. The predicted octanol–water partition coefficient (Wildman–Crippen LogP) is 4.86. The van der Waals surface area contributed by atoms with E-state index in [4.69, 9.17) is 9.84 Å². The first-order chi connectivity index (χ1) is 11.8. The second-order valence-electron chi connectivity index (χ2n) is 5.34. The summed E-state index contributed by atoms with van der Waals surface area (Å²) in [7, 11) is 1.66. The minimum Gasteiger partial charge on any atom is -0.497 e. The maximum Gasteiger partial charge on any atom is 0.163 e. The number of halogens is 1. The van der Waals surface area contributed by atoms with Gasteiger partial charge >= 0.3 is 0 Å². The van der Waals surface area contributed by atoms with Crippen molar-refractivity contribution < 1.29 is 4.74 Å². The van der Waals surface area contributed by atoms with Gasteiger partial charge in [0, 0.05) is 21.6 Å². The van der Waals surface area contributed by atoms with Crippen molar-refractivity contribution in [2.24, 2.45) is 0 Å². The van der Waals surface area contributed by atoms with E-state index in [0.717, 1.165) is 38.2 Å². The number of fused-ring (bicyclic) bond motifs is 1. The van der Waals surface area contributed by atoms with Gasteiger partial charge in [0.2, 0.25) is 0 Å². The van der Waals surface area contributed by atoms with Crippen LogP contribution in [0.4, 0.5) is 0 Å². The smallest absolute Gasteiger partial charge is 0.163 e. The van der Waals surface area contributed by atoms with E-state index in [2.05, 4.69) is 33.0 Å². The highest BCUT2D eigenvalue weighted by Gasteiger charge is 2.14. The van der Waals surface area contributed by atoms with Gasteiger partial charge in [-0.15, -0.1) is 0 Å².